The molecule has 144 valence electrons. The van der Waals surface area contributed by atoms with Gasteiger partial charge in [0.15, 0.2) is 5.96 Å². The topological polar surface area (TPSA) is 82.8 Å². The van der Waals surface area contributed by atoms with Crippen LogP contribution in [0, 0.1) is 12.8 Å². The number of amides is 1. The van der Waals surface area contributed by atoms with E-state index in [4.69, 9.17) is 5.73 Å². The number of likely N-dealkylation sites (tertiary alicyclic amines) is 1. The lowest BCUT2D eigenvalue weighted by Gasteiger charge is -2.30. The Hall–Kier alpha value is -2.08. The number of carbonyl (C=O) groups excluding carboxylic acids is 1. The van der Waals surface area contributed by atoms with Gasteiger partial charge in [0, 0.05) is 26.1 Å². The first-order valence-electron chi connectivity index (χ1n) is 9.61. The van der Waals surface area contributed by atoms with Gasteiger partial charge in [-0.1, -0.05) is 24.3 Å². The number of aliphatic imine (C=N–C) groups is 1. The van der Waals surface area contributed by atoms with Crippen LogP contribution in [0.15, 0.2) is 29.3 Å². The lowest BCUT2D eigenvalue weighted by molar-refractivity contribution is -0.123. The number of nitrogens with zero attached hydrogens (tertiary/aromatic N) is 2. The molecule has 1 heterocycles. The van der Waals surface area contributed by atoms with Gasteiger partial charge in [0.05, 0.1) is 0 Å². The first kappa shape index (κ1) is 20.2. The fourth-order valence-electron chi connectivity index (χ4n) is 3.32. The second kappa shape index (κ2) is 10.8. The van der Waals surface area contributed by atoms with Crippen LogP contribution in [-0.4, -0.2) is 50.0 Å². The van der Waals surface area contributed by atoms with Crippen molar-refractivity contribution in [3.05, 3.63) is 35.4 Å². The lowest BCUT2D eigenvalue weighted by Crippen LogP contribution is -2.39. The predicted molar refractivity (Wildman–Crippen MR) is 107 cm³/mol. The smallest absolute Gasteiger partial charge is 0.220 e. The molecule has 4 N–H and O–H groups in total. The predicted octanol–water partition coefficient (Wildman–Crippen LogP) is 1.64. The summed E-state index contributed by atoms with van der Waals surface area (Å²) in [6.07, 6.45) is 4.05. The van der Waals surface area contributed by atoms with Crippen molar-refractivity contribution in [2.45, 2.75) is 39.2 Å². The number of nitrogens with one attached hydrogen (secondary N) is 2. The van der Waals surface area contributed by atoms with Crippen molar-refractivity contribution in [2.75, 3.05) is 33.2 Å². The lowest BCUT2D eigenvalue weighted by atomic mass is 9.96. The molecule has 1 aromatic carbocycles. The number of rotatable bonds is 8. The Morgan fingerprint density at radius 1 is 1.23 bits per heavy atom. The van der Waals surface area contributed by atoms with E-state index in [1.54, 1.807) is 7.05 Å². The summed E-state index contributed by atoms with van der Waals surface area (Å²) in [6.45, 7) is 6.87. The number of nitrogens with two attached hydrogens (primary N) is 1. The summed E-state index contributed by atoms with van der Waals surface area (Å²) in [5.74, 6) is 0.782. The van der Waals surface area contributed by atoms with E-state index in [-0.39, 0.29) is 11.8 Å². The second-order valence-electron chi connectivity index (χ2n) is 7.00. The van der Waals surface area contributed by atoms with Crippen molar-refractivity contribution in [1.29, 1.82) is 0 Å². The highest BCUT2D eigenvalue weighted by atomic mass is 16.1. The fraction of sp³-hybridized carbons (Fsp3) is 0.600. The van der Waals surface area contributed by atoms with Crippen LogP contribution in [0.3, 0.4) is 0 Å². The van der Waals surface area contributed by atoms with E-state index < -0.39 is 0 Å². The molecule has 1 saturated heterocycles. The minimum Gasteiger partial charge on any atom is -0.369 e. The maximum absolute atomic E-state index is 11.2. The molecule has 0 aliphatic carbocycles. The molecule has 6 heteroatoms. The van der Waals surface area contributed by atoms with Gasteiger partial charge in [-0.15, -0.1) is 0 Å². The monoisotopic (exact) mass is 359 g/mol. The van der Waals surface area contributed by atoms with Crippen LogP contribution in [-0.2, 0) is 11.3 Å². The van der Waals surface area contributed by atoms with E-state index in [1.165, 1.54) is 11.1 Å². The zero-order valence-electron chi connectivity index (χ0n) is 16.1. The Morgan fingerprint density at radius 2 is 1.96 bits per heavy atom. The summed E-state index contributed by atoms with van der Waals surface area (Å²) in [5, 5.41) is 6.74. The number of piperidine rings is 1. The van der Waals surface area contributed by atoms with Crippen molar-refractivity contribution in [3.8, 4) is 0 Å². The van der Waals surface area contributed by atoms with E-state index in [2.05, 4.69) is 51.7 Å². The largest absolute Gasteiger partial charge is 0.369 e. The van der Waals surface area contributed by atoms with Crippen LogP contribution in [0.5, 0.6) is 0 Å². The number of guanidine groups is 1. The first-order valence-corrected chi connectivity index (χ1v) is 9.61. The molecule has 1 aromatic rings. The fourth-order valence-corrected chi connectivity index (χ4v) is 3.32. The van der Waals surface area contributed by atoms with E-state index >= 15 is 0 Å². The number of hydrogen-bond donors (Lipinski definition) is 3. The van der Waals surface area contributed by atoms with Crippen LogP contribution >= 0.6 is 0 Å². The molecule has 1 aliphatic heterocycles. The molecule has 0 aromatic heterocycles. The third kappa shape index (κ3) is 6.67. The molecule has 1 fully saturated rings. The number of primary amides is 1. The summed E-state index contributed by atoms with van der Waals surface area (Å²) >= 11 is 0. The standard InChI is InChI=1S/C20H33N5O/c1-16-7-3-4-8-18(16)15-24-20(22-2)23-11-5-6-12-25-13-9-17(10-14-25)19(21)26/h3-4,7-8,17H,5-6,9-15H2,1-2H3,(H2,21,26)(H2,22,23,24). The van der Waals surface area contributed by atoms with Gasteiger partial charge in [0.1, 0.15) is 0 Å². The van der Waals surface area contributed by atoms with Gasteiger partial charge in [0.25, 0.3) is 0 Å². The van der Waals surface area contributed by atoms with Gasteiger partial charge in [-0.25, -0.2) is 0 Å². The first-order chi connectivity index (χ1) is 12.6. The Balaban J connectivity index is 1.57. The minimum atomic E-state index is -0.140. The summed E-state index contributed by atoms with van der Waals surface area (Å²) < 4.78 is 0. The Bertz CT molecular complexity index is 594. The molecule has 0 unspecified atom stereocenters. The van der Waals surface area contributed by atoms with Gasteiger partial charge in [-0.05, 0) is 63.4 Å². The second-order valence-corrected chi connectivity index (χ2v) is 7.00. The molecule has 1 aliphatic rings. The Labute approximate surface area is 157 Å². The maximum Gasteiger partial charge on any atom is 0.220 e. The molecule has 0 radical (unpaired) electrons. The quantitative estimate of drug-likeness (QED) is 0.374. The zero-order valence-corrected chi connectivity index (χ0v) is 16.1. The average Bonchev–Trinajstić information content (AvgIpc) is 2.65. The van der Waals surface area contributed by atoms with E-state index in [1.807, 2.05) is 0 Å². The highest BCUT2D eigenvalue weighted by Crippen LogP contribution is 2.16. The van der Waals surface area contributed by atoms with Crippen LogP contribution in [0.1, 0.15) is 36.8 Å². The minimum absolute atomic E-state index is 0.0792. The number of hydrogen-bond acceptors (Lipinski definition) is 3. The summed E-state index contributed by atoms with van der Waals surface area (Å²) in [5.41, 5.74) is 7.96. The SMILES string of the molecule is CN=C(NCCCCN1CCC(C(N)=O)CC1)NCc1ccccc1C. The molecular weight excluding hydrogens is 326 g/mol. The van der Waals surface area contributed by atoms with Gasteiger partial charge < -0.3 is 21.3 Å². The molecule has 0 atom stereocenters. The number of unbranched alkanes of at least 4 members (excludes halogenated alkanes) is 1. The van der Waals surface area contributed by atoms with Crippen molar-refractivity contribution in [1.82, 2.24) is 15.5 Å². The van der Waals surface area contributed by atoms with E-state index in [0.29, 0.717) is 0 Å². The number of benzene rings is 1. The van der Waals surface area contributed by atoms with Gasteiger partial charge >= 0.3 is 0 Å². The molecule has 1 amide bonds. The van der Waals surface area contributed by atoms with Gasteiger partial charge in [0.2, 0.25) is 5.91 Å². The average molecular weight is 360 g/mol. The number of aryl methyl sites for hydroxylation is 1. The van der Waals surface area contributed by atoms with Crippen molar-refractivity contribution >= 4 is 11.9 Å². The van der Waals surface area contributed by atoms with Crippen molar-refractivity contribution in [2.24, 2.45) is 16.6 Å². The zero-order chi connectivity index (χ0) is 18.8. The number of carbonyl (C=O) groups is 1. The van der Waals surface area contributed by atoms with Crippen molar-refractivity contribution < 1.29 is 4.79 Å². The molecule has 0 spiro atoms. The van der Waals surface area contributed by atoms with Crippen molar-refractivity contribution in [3.63, 3.8) is 0 Å². The Morgan fingerprint density at radius 3 is 2.62 bits per heavy atom. The molecule has 2 rings (SSSR count). The van der Waals surface area contributed by atoms with E-state index in [9.17, 15) is 4.79 Å². The molecule has 0 bridgehead atoms. The van der Waals surface area contributed by atoms with Crippen LogP contribution in [0.4, 0.5) is 0 Å². The summed E-state index contributed by atoms with van der Waals surface area (Å²) in [7, 11) is 1.80. The summed E-state index contributed by atoms with van der Waals surface area (Å²) in [6, 6.07) is 8.38. The third-order valence-electron chi connectivity index (χ3n) is 5.11. The molecule has 0 saturated carbocycles. The molecular formula is C20H33N5O. The third-order valence-corrected chi connectivity index (χ3v) is 5.11. The normalized spacial score (nSPS) is 16.5. The highest BCUT2D eigenvalue weighted by molar-refractivity contribution is 5.79. The summed E-state index contributed by atoms with van der Waals surface area (Å²) in [4.78, 5) is 17.9. The highest BCUT2D eigenvalue weighted by Gasteiger charge is 2.22. The molecule has 26 heavy (non-hydrogen) atoms. The van der Waals surface area contributed by atoms with Crippen LogP contribution < -0.4 is 16.4 Å². The van der Waals surface area contributed by atoms with Crippen LogP contribution in [0.2, 0.25) is 0 Å². The molecule has 6 nitrogen and oxygen atoms in total. The van der Waals surface area contributed by atoms with Crippen LogP contribution in [0.25, 0.3) is 0 Å². The van der Waals surface area contributed by atoms with E-state index in [0.717, 1.165) is 64.4 Å². The van der Waals surface area contributed by atoms with Gasteiger partial charge in [-0.3, -0.25) is 9.79 Å². The Kier molecular flexibility index (Phi) is 8.41. The van der Waals surface area contributed by atoms with Gasteiger partial charge in [-0.2, -0.15) is 0 Å². The maximum atomic E-state index is 11.2.